The van der Waals surface area contributed by atoms with E-state index in [0.717, 1.165) is 25.7 Å². The molecule has 0 bridgehead atoms. The van der Waals surface area contributed by atoms with Crippen molar-refractivity contribution in [3.63, 3.8) is 0 Å². The lowest BCUT2D eigenvalue weighted by Gasteiger charge is -2.52. The average Bonchev–Trinajstić information content (AvgIpc) is 3.23. The third-order valence-corrected chi connectivity index (χ3v) is 8.12. The molecular weight excluding hydrogens is 380 g/mol. The van der Waals surface area contributed by atoms with Gasteiger partial charge in [-0.3, -0.25) is 9.59 Å². The average molecular weight is 419 g/mol. The summed E-state index contributed by atoms with van der Waals surface area (Å²) in [4.78, 5) is 39.1. The highest BCUT2D eigenvalue weighted by Crippen LogP contribution is 2.54. The maximum atomic E-state index is 13.6. The lowest BCUT2D eigenvalue weighted by atomic mass is 9.57. The highest BCUT2D eigenvalue weighted by atomic mass is 16.4. The second kappa shape index (κ2) is 8.01. The molecule has 5 atom stereocenters. The summed E-state index contributed by atoms with van der Waals surface area (Å²) >= 11 is 0. The van der Waals surface area contributed by atoms with Crippen LogP contribution in [-0.2, 0) is 14.4 Å². The molecule has 0 aromatic carbocycles. The second-order valence-corrected chi connectivity index (χ2v) is 10.7. The fourth-order valence-electron chi connectivity index (χ4n) is 6.24. The van der Waals surface area contributed by atoms with Crippen LogP contribution in [-0.4, -0.2) is 45.4 Å². The van der Waals surface area contributed by atoms with Crippen LogP contribution in [0.1, 0.15) is 80.1 Å². The maximum absolute atomic E-state index is 13.6. The van der Waals surface area contributed by atoms with E-state index in [1.165, 1.54) is 10.5 Å². The number of aliphatic carboxylic acids is 1. The van der Waals surface area contributed by atoms with E-state index in [9.17, 15) is 19.5 Å². The van der Waals surface area contributed by atoms with E-state index in [1.807, 2.05) is 0 Å². The molecule has 6 nitrogen and oxygen atoms in total. The molecule has 3 rings (SSSR count). The second-order valence-electron chi connectivity index (χ2n) is 10.7. The van der Waals surface area contributed by atoms with E-state index >= 15 is 0 Å². The highest BCUT2D eigenvalue weighted by molar-refractivity contribution is 5.95. The number of allylic oxidation sites excluding steroid dienone is 1. The van der Waals surface area contributed by atoms with Crippen LogP contribution in [0.2, 0.25) is 0 Å². The fourth-order valence-corrected chi connectivity index (χ4v) is 6.24. The topological polar surface area (TPSA) is 86.7 Å². The molecule has 2 fully saturated rings. The van der Waals surface area contributed by atoms with Gasteiger partial charge in [0, 0.05) is 17.9 Å². The Labute approximate surface area is 180 Å². The Kier molecular flexibility index (Phi) is 6.09. The summed E-state index contributed by atoms with van der Waals surface area (Å²) in [7, 11) is 0. The smallest absolute Gasteiger partial charge is 0.326 e. The lowest BCUT2D eigenvalue weighted by molar-refractivity contribution is -0.155. The first-order chi connectivity index (χ1) is 13.9. The predicted octanol–water partition coefficient (Wildman–Crippen LogP) is 3.75. The van der Waals surface area contributed by atoms with E-state index in [2.05, 4.69) is 39.1 Å². The number of likely N-dealkylation sites (tertiary alicyclic amines) is 1. The Morgan fingerprint density at radius 2 is 1.90 bits per heavy atom. The van der Waals surface area contributed by atoms with Gasteiger partial charge in [-0.2, -0.15) is 0 Å². The number of nitrogens with zero attached hydrogens (tertiary/aromatic N) is 1. The molecule has 1 heterocycles. The van der Waals surface area contributed by atoms with Crippen molar-refractivity contribution >= 4 is 17.8 Å². The SMILES string of the molecule is CC1=CC2(CC1)C(C)CCC(C(C)C)C2NC(=O)C(C)(C)N1C(=O)CCC1C(=O)O. The van der Waals surface area contributed by atoms with Crippen LogP contribution < -0.4 is 5.32 Å². The Morgan fingerprint density at radius 3 is 2.43 bits per heavy atom. The number of carboxylic acid groups (broad SMARTS) is 1. The van der Waals surface area contributed by atoms with Gasteiger partial charge < -0.3 is 15.3 Å². The van der Waals surface area contributed by atoms with E-state index in [-0.39, 0.29) is 36.1 Å². The standard InChI is InChI=1S/C24H38N2O4/c1-14(2)17-8-7-16(4)24(12-11-15(3)13-24)20(17)25-22(30)23(5,6)26-18(21(28)29)9-10-19(26)27/h13-14,16-18,20H,7-12H2,1-6H3,(H,25,30)(H,28,29). The number of hydrogen-bond acceptors (Lipinski definition) is 3. The van der Waals surface area contributed by atoms with E-state index < -0.39 is 17.6 Å². The normalized spacial score (nSPS) is 34.6. The first kappa shape index (κ1) is 22.8. The number of carboxylic acids is 1. The first-order valence-electron chi connectivity index (χ1n) is 11.5. The Hall–Kier alpha value is -1.85. The summed E-state index contributed by atoms with van der Waals surface area (Å²) < 4.78 is 0. The van der Waals surface area contributed by atoms with Crippen LogP contribution in [0.15, 0.2) is 11.6 Å². The minimum Gasteiger partial charge on any atom is -0.480 e. The minimum absolute atomic E-state index is 0.00791. The van der Waals surface area contributed by atoms with Gasteiger partial charge in [-0.05, 0) is 70.6 Å². The molecule has 1 spiro atoms. The Bertz CT molecular complexity index is 756. The summed E-state index contributed by atoms with van der Waals surface area (Å²) in [6.07, 6.45) is 7.13. The first-order valence-corrected chi connectivity index (χ1v) is 11.5. The van der Waals surface area contributed by atoms with Gasteiger partial charge in [-0.1, -0.05) is 32.4 Å². The number of amides is 2. The molecule has 1 saturated carbocycles. The maximum Gasteiger partial charge on any atom is 0.326 e. The molecule has 2 amide bonds. The largest absolute Gasteiger partial charge is 0.480 e. The number of hydrogen-bond donors (Lipinski definition) is 2. The van der Waals surface area contributed by atoms with Crippen LogP contribution in [0, 0.1) is 23.2 Å². The molecule has 2 aliphatic carbocycles. The van der Waals surface area contributed by atoms with E-state index in [1.54, 1.807) is 13.8 Å². The lowest BCUT2D eigenvalue weighted by Crippen LogP contribution is -2.65. The summed E-state index contributed by atoms with van der Waals surface area (Å²) in [5, 5.41) is 12.9. The zero-order chi connectivity index (χ0) is 22.4. The van der Waals surface area contributed by atoms with Gasteiger partial charge in [0.05, 0.1) is 0 Å². The van der Waals surface area contributed by atoms with Gasteiger partial charge in [0.25, 0.3) is 0 Å². The van der Waals surface area contributed by atoms with Crippen molar-refractivity contribution in [1.29, 1.82) is 0 Å². The van der Waals surface area contributed by atoms with E-state index in [0.29, 0.717) is 17.8 Å². The molecule has 0 aromatic rings. The van der Waals surface area contributed by atoms with Crippen molar-refractivity contribution in [3.8, 4) is 0 Å². The molecule has 2 N–H and O–H groups in total. The van der Waals surface area contributed by atoms with Crippen LogP contribution >= 0.6 is 0 Å². The van der Waals surface area contributed by atoms with Gasteiger partial charge in [0.15, 0.2) is 0 Å². The molecule has 30 heavy (non-hydrogen) atoms. The van der Waals surface area contributed by atoms with Crippen molar-refractivity contribution in [2.24, 2.45) is 23.2 Å². The quantitative estimate of drug-likeness (QED) is 0.666. The van der Waals surface area contributed by atoms with Gasteiger partial charge in [-0.25, -0.2) is 4.79 Å². The number of rotatable bonds is 5. The molecule has 0 radical (unpaired) electrons. The van der Waals surface area contributed by atoms with Crippen LogP contribution in [0.3, 0.4) is 0 Å². The molecule has 3 aliphatic rings. The molecule has 1 saturated heterocycles. The zero-order valence-corrected chi connectivity index (χ0v) is 19.3. The van der Waals surface area contributed by atoms with Crippen molar-refractivity contribution < 1.29 is 19.5 Å². The van der Waals surface area contributed by atoms with Gasteiger partial charge in [0.2, 0.25) is 11.8 Å². The van der Waals surface area contributed by atoms with Gasteiger partial charge in [-0.15, -0.1) is 0 Å². The number of nitrogens with one attached hydrogen (secondary N) is 1. The molecular formula is C24H38N2O4. The molecule has 5 unspecified atom stereocenters. The van der Waals surface area contributed by atoms with Crippen LogP contribution in [0.25, 0.3) is 0 Å². The summed E-state index contributed by atoms with van der Waals surface area (Å²) in [6.45, 7) is 12.3. The van der Waals surface area contributed by atoms with E-state index in [4.69, 9.17) is 0 Å². The number of carbonyl (C=O) groups is 3. The van der Waals surface area contributed by atoms with Gasteiger partial charge in [0.1, 0.15) is 11.6 Å². The third-order valence-electron chi connectivity index (χ3n) is 8.12. The fraction of sp³-hybridized carbons (Fsp3) is 0.792. The zero-order valence-electron chi connectivity index (χ0n) is 19.3. The highest BCUT2D eigenvalue weighted by Gasteiger charge is 2.54. The third kappa shape index (κ3) is 3.67. The minimum atomic E-state index is -1.21. The summed E-state index contributed by atoms with van der Waals surface area (Å²) in [5.41, 5.74) is 0.104. The van der Waals surface area contributed by atoms with Gasteiger partial charge >= 0.3 is 5.97 Å². The van der Waals surface area contributed by atoms with Crippen LogP contribution in [0.5, 0.6) is 0 Å². The van der Waals surface area contributed by atoms with Crippen molar-refractivity contribution in [3.05, 3.63) is 11.6 Å². The monoisotopic (exact) mass is 418 g/mol. The molecule has 1 aliphatic heterocycles. The van der Waals surface area contributed by atoms with Crippen molar-refractivity contribution in [2.45, 2.75) is 97.7 Å². The molecule has 168 valence electrons. The summed E-state index contributed by atoms with van der Waals surface area (Å²) in [5.74, 6) is -0.292. The van der Waals surface area contributed by atoms with Crippen molar-refractivity contribution in [1.82, 2.24) is 10.2 Å². The van der Waals surface area contributed by atoms with Crippen LogP contribution in [0.4, 0.5) is 0 Å². The Morgan fingerprint density at radius 1 is 1.23 bits per heavy atom. The Balaban J connectivity index is 1.93. The summed E-state index contributed by atoms with van der Waals surface area (Å²) in [6, 6.07) is -0.946. The molecule has 0 aromatic heterocycles. The van der Waals surface area contributed by atoms with Crippen molar-refractivity contribution in [2.75, 3.05) is 0 Å². The molecule has 6 heteroatoms. The predicted molar refractivity (Wildman–Crippen MR) is 116 cm³/mol. The number of carbonyl (C=O) groups excluding carboxylic acids is 2.